The molecular formula is C15H25N3. The van der Waals surface area contributed by atoms with Crippen LogP contribution in [0.15, 0.2) is 18.3 Å². The first-order chi connectivity index (χ1) is 8.69. The van der Waals surface area contributed by atoms with Gasteiger partial charge in [0, 0.05) is 25.3 Å². The Morgan fingerprint density at radius 1 is 1.33 bits per heavy atom. The number of pyridine rings is 1. The molecule has 1 heterocycles. The van der Waals surface area contributed by atoms with E-state index in [1.165, 1.54) is 31.2 Å². The molecule has 0 spiro atoms. The van der Waals surface area contributed by atoms with Gasteiger partial charge in [-0.15, -0.1) is 0 Å². The largest absolute Gasteiger partial charge is 0.325 e. The highest BCUT2D eigenvalue weighted by atomic mass is 15.1. The van der Waals surface area contributed by atoms with E-state index in [4.69, 9.17) is 5.73 Å². The number of nitrogens with zero attached hydrogens (tertiary/aromatic N) is 2. The summed E-state index contributed by atoms with van der Waals surface area (Å²) in [7, 11) is 2.24. The zero-order valence-corrected chi connectivity index (χ0v) is 11.6. The lowest BCUT2D eigenvalue weighted by atomic mass is 9.86. The van der Waals surface area contributed by atoms with Crippen molar-refractivity contribution in [1.82, 2.24) is 9.88 Å². The Balaban J connectivity index is 1.91. The van der Waals surface area contributed by atoms with Crippen molar-refractivity contribution in [3.05, 3.63) is 29.6 Å². The predicted octanol–water partition coefficient (Wildman–Crippen LogP) is 2.55. The van der Waals surface area contributed by atoms with Gasteiger partial charge in [-0.1, -0.05) is 6.92 Å². The zero-order chi connectivity index (χ0) is 13.0. The first-order valence-electron chi connectivity index (χ1n) is 7.03. The molecule has 1 aliphatic rings. The van der Waals surface area contributed by atoms with Crippen molar-refractivity contribution >= 4 is 0 Å². The highest BCUT2D eigenvalue weighted by Crippen LogP contribution is 2.27. The van der Waals surface area contributed by atoms with Crippen molar-refractivity contribution in [3.8, 4) is 0 Å². The van der Waals surface area contributed by atoms with Crippen molar-refractivity contribution in [2.75, 3.05) is 7.05 Å². The van der Waals surface area contributed by atoms with Crippen LogP contribution >= 0.6 is 0 Å². The van der Waals surface area contributed by atoms with E-state index >= 15 is 0 Å². The minimum Gasteiger partial charge on any atom is -0.325 e. The molecule has 3 nitrogen and oxygen atoms in total. The van der Waals surface area contributed by atoms with Gasteiger partial charge in [0.2, 0.25) is 0 Å². The molecule has 0 saturated heterocycles. The third-order valence-electron chi connectivity index (χ3n) is 4.13. The van der Waals surface area contributed by atoms with Crippen molar-refractivity contribution < 1.29 is 0 Å². The summed E-state index contributed by atoms with van der Waals surface area (Å²) in [5, 5.41) is 0. The molecule has 0 radical (unpaired) electrons. The molecular weight excluding hydrogens is 222 g/mol. The SMILES string of the molecule is CC1CCC(N(C)Cc2ccnc(CN)c2)CC1. The maximum absolute atomic E-state index is 5.63. The van der Waals surface area contributed by atoms with E-state index in [-0.39, 0.29) is 0 Å². The maximum Gasteiger partial charge on any atom is 0.0542 e. The quantitative estimate of drug-likeness (QED) is 0.889. The Morgan fingerprint density at radius 3 is 2.72 bits per heavy atom. The molecule has 18 heavy (non-hydrogen) atoms. The highest BCUT2D eigenvalue weighted by Gasteiger charge is 2.21. The van der Waals surface area contributed by atoms with Crippen LogP contribution in [0.3, 0.4) is 0 Å². The zero-order valence-electron chi connectivity index (χ0n) is 11.6. The average molecular weight is 247 g/mol. The van der Waals surface area contributed by atoms with Crippen LogP contribution in [0.4, 0.5) is 0 Å². The van der Waals surface area contributed by atoms with Crippen molar-refractivity contribution in [2.24, 2.45) is 11.7 Å². The lowest BCUT2D eigenvalue weighted by Gasteiger charge is -2.33. The third-order valence-corrected chi connectivity index (χ3v) is 4.13. The Kier molecular flexibility index (Phi) is 4.72. The van der Waals surface area contributed by atoms with Gasteiger partial charge in [0.25, 0.3) is 0 Å². The molecule has 1 saturated carbocycles. The normalized spacial score (nSPS) is 24.4. The molecule has 0 bridgehead atoms. The van der Waals surface area contributed by atoms with E-state index in [0.29, 0.717) is 6.54 Å². The summed E-state index contributed by atoms with van der Waals surface area (Å²) in [5.74, 6) is 0.916. The topological polar surface area (TPSA) is 42.2 Å². The Bertz CT molecular complexity index is 370. The summed E-state index contributed by atoms with van der Waals surface area (Å²) in [6.45, 7) is 3.90. The number of aromatic nitrogens is 1. The summed E-state index contributed by atoms with van der Waals surface area (Å²) in [6, 6.07) is 4.97. The van der Waals surface area contributed by atoms with Crippen LogP contribution in [0.5, 0.6) is 0 Å². The molecule has 1 aliphatic carbocycles. The second kappa shape index (κ2) is 6.30. The number of rotatable bonds is 4. The summed E-state index contributed by atoms with van der Waals surface area (Å²) in [6.07, 6.45) is 7.30. The fourth-order valence-corrected chi connectivity index (χ4v) is 2.84. The molecule has 0 aliphatic heterocycles. The van der Waals surface area contributed by atoms with Gasteiger partial charge in [-0.3, -0.25) is 9.88 Å². The molecule has 1 aromatic heterocycles. The number of hydrogen-bond donors (Lipinski definition) is 1. The molecule has 0 aromatic carbocycles. The number of hydrogen-bond acceptors (Lipinski definition) is 3. The first-order valence-corrected chi connectivity index (χ1v) is 7.03. The second-order valence-electron chi connectivity index (χ2n) is 5.69. The lowest BCUT2D eigenvalue weighted by Crippen LogP contribution is -2.34. The lowest BCUT2D eigenvalue weighted by molar-refractivity contribution is 0.164. The van der Waals surface area contributed by atoms with Gasteiger partial charge >= 0.3 is 0 Å². The van der Waals surface area contributed by atoms with E-state index < -0.39 is 0 Å². The summed E-state index contributed by atoms with van der Waals surface area (Å²) >= 11 is 0. The van der Waals surface area contributed by atoms with Gasteiger partial charge in [0.1, 0.15) is 0 Å². The van der Waals surface area contributed by atoms with Gasteiger partial charge in [-0.2, -0.15) is 0 Å². The summed E-state index contributed by atoms with van der Waals surface area (Å²) < 4.78 is 0. The fraction of sp³-hybridized carbons (Fsp3) is 0.667. The molecule has 2 N–H and O–H groups in total. The fourth-order valence-electron chi connectivity index (χ4n) is 2.84. The minimum absolute atomic E-state index is 0.526. The van der Waals surface area contributed by atoms with Crippen LogP contribution in [0.2, 0.25) is 0 Å². The Hall–Kier alpha value is -0.930. The monoisotopic (exact) mass is 247 g/mol. The molecule has 0 atom stereocenters. The smallest absolute Gasteiger partial charge is 0.0542 e. The van der Waals surface area contributed by atoms with Gasteiger partial charge in [-0.25, -0.2) is 0 Å². The first kappa shape index (κ1) is 13.5. The van der Waals surface area contributed by atoms with E-state index in [9.17, 15) is 0 Å². The van der Waals surface area contributed by atoms with Crippen LogP contribution in [0.25, 0.3) is 0 Å². The van der Waals surface area contributed by atoms with Crippen LogP contribution in [0.1, 0.15) is 43.9 Å². The van der Waals surface area contributed by atoms with Crippen molar-refractivity contribution in [2.45, 2.75) is 51.7 Å². The van der Waals surface area contributed by atoms with Gasteiger partial charge in [0.15, 0.2) is 0 Å². The molecule has 2 rings (SSSR count). The van der Waals surface area contributed by atoms with Gasteiger partial charge in [-0.05, 0) is 56.3 Å². The van der Waals surface area contributed by atoms with Gasteiger partial charge in [0.05, 0.1) is 5.69 Å². The Morgan fingerprint density at radius 2 is 2.06 bits per heavy atom. The number of nitrogens with two attached hydrogens (primary N) is 1. The molecule has 0 amide bonds. The van der Waals surface area contributed by atoms with Crippen LogP contribution in [-0.2, 0) is 13.1 Å². The van der Waals surface area contributed by atoms with Crippen molar-refractivity contribution in [1.29, 1.82) is 0 Å². The maximum atomic E-state index is 5.63. The van der Waals surface area contributed by atoms with Gasteiger partial charge < -0.3 is 5.73 Å². The van der Waals surface area contributed by atoms with E-state index in [0.717, 1.165) is 24.2 Å². The molecule has 100 valence electrons. The summed E-state index contributed by atoms with van der Waals surface area (Å²) in [4.78, 5) is 6.73. The van der Waals surface area contributed by atoms with Crippen LogP contribution < -0.4 is 5.73 Å². The van der Waals surface area contributed by atoms with E-state index in [1.807, 2.05) is 6.20 Å². The van der Waals surface area contributed by atoms with E-state index in [1.54, 1.807) is 0 Å². The molecule has 3 heteroatoms. The molecule has 1 aromatic rings. The Labute approximate surface area is 110 Å². The minimum atomic E-state index is 0.526. The summed E-state index contributed by atoms with van der Waals surface area (Å²) in [5.41, 5.74) is 7.94. The predicted molar refractivity (Wildman–Crippen MR) is 75.0 cm³/mol. The third kappa shape index (κ3) is 3.53. The van der Waals surface area contributed by atoms with Crippen molar-refractivity contribution in [3.63, 3.8) is 0 Å². The van der Waals surface area contributed by atoms with Crippen LogP contribution in [0, 0.1) is 5.92 Å². The van der Waals surface area contributed by atoms with Crippen LogP contribution in [-0.4, -0.2) is 23.0 Å². The average Bonchev–Trinajstić information content (AvgIpc) is 2.39. The second-order valence-corrected chi connectivity index (χ2v) is 5.69. The highest BCUT2D eigenvalue weighted by molar-refractivity contribution is 5.16. The van der Waals surface area contributed by atoms with E-state index in [2.05, 4.69) is 36.0 Å². The standard InChI is InChI=1S/C15H25N3/c1-12-3-5-15(6-4-12)18(2)11-13-7-8-17-14(9-13)10-16/h7-9,12,15H,3-6,10-11,16H2,1-2H3. The molecule has 0 unspecified atom stereocenters. The molecule has 1 fully saturated rings.